The summed E-state index contributed by atoms with van der Waals surface area (Å²) < 4.78 is 0. The second-order valence-electron chi connectivity index (χ2n) is 6.87. The number of nitrogens with one attached hydrogen (secondary N) is 1. The van der Waals surface area contributed by atoms with E-state index in [-0.39, 0.29) is 5.41 Å². The van der Waals surface area contributed by atoms with Crippen molar-refractivity contribution in [2.45, 2.75) is 64.7 Å². The first-order valence-corrected chi connectivity index (χ1v) is 8.12. The van der Waals surface area contributed by atoms with Crippen LogP contribution in [0.5, 0.6) is 0 Å². The van der Waals surface area contributed by atoms with E-state index >= 15 is 0 Å². The Bertz CT molecular complexity index is 434. The number of halogens is 1. The largest absolute Gasteiger partial charge is 0.370 e. The minimum absolute atomic E-state index is 0.0787. The highest BCUT2D eigenvalue weighted by atomic mass is 35.5. The number of aromatic nitrogens is 2. The van der Waals surface area contributed by atoms with Crippen LogP contribution in [-0.2, 0) is 5.41 Å². The predicted molar refractivity (Wildman–Crippen MR) is 85.4 cm³/mol. The van der Waals surface area contributed by atoms with Crippen LogP contribution in [-0.4, -0.2) is 16.5 Å². The summed E-state index contributed by atoms with van der Waals surface area (Å²) in [6, 6.07) is 1.82. The lowest BCUT2D eigenvalue weighted by molar-refractivity contribution is 0.345. The molecule has 112 valence electrons. The van der Waals surface area contributed by atoms with Crippen molar-refractivity contribution in [3.63, 3.8) is 0 Å². The number of anilines is 1. The van der Waals surface area contributed by atoms with Gasteiger partial charge in [0, 0.05) is 18.0 Å². The van der Waals surface area contributed by atoms with Crippen molar-refractivity contribution in [1.29, 1.82) is 0 Å². The first kappa shape index (κ1) is 15.6. The van der Waals surface area contributed by atoms with Gasteiger partial charge in [0.05, 0.1) is 0 Å². The summed E-state index contributed by atoms with van der Waals surface area (Å²) >= 11 is 6.09. The minimum atomic E-state index is -0.0787. The van der Waals surface area contributed by atoms with Crippen molar-refractivity contribution in [3.8, 4) is 0 Å². The summed E-state index contributed by atoms with van der Waals surface area (Å²) in [5, 5.41) is 3.93. The van der Waals surface area contributed by atoms with Gasteiger partial charge in [-0.15, -0.1) is 0 Å². The fourth-order valence-corrected chi connectivity index (χ4v) is 2.91. The maximum atomic E-state index is 6.09. The van der Waals surface area contributed by atoms with Crippen LogP contribution in [0.3, 0.4) is 0 Å². The van der Waals surface area contributed by atoms with Gasteiger partial charge in [-0.1, -0.05) is 64.5 Å². The molecule has 1 N–H and O–H groups in total. The van der Waals surface area contributed by atoms with Gasteiger partial charge in [-0.25, -0.2) is 9.97 Å². The zero-order chi connectivity index (χ0) is 14.6. The van der Waals surface area contributed by atoms with Crippen molar-refractivity contribution in [3.05, 3.63) is 17.0 Å². The van der Waals surface area contributed by atoms with Gasteiger partial charge >= 0.3 is 0 Å². The Morgan fingerprint density at radius 2 is 1.90 bits per heavy atom. The van der Waals surface area contributed by atoms with Gasteiger partial charge in [-0.05, 0) is 12.3 Å². The standard InChI is InChI=1S/C16H26ClN3/c1-16(2,3)15-19-13(17)11-14(20-15)18-10-9-12-7-5-4-6-8-12/h11-12H,4-10H2,1-3H3,(H,18,19,20). The first-order valence-electron chi connectivity index (χ1n) is 7.74. The summed E-state index contributed by atoms with van der Waals surface area (Å²) in [7, 11) is 0. The molecule has 20 heavy (non-hydrogen) atoms. The van der Waals surface area contributed by atoms with E-state index < -0.39 is 0 Å². The lowest BCUT2D eigenvalue weighted by Gasteiger charge is -2.22. The molecule has 0 aliphatic heterocycles. The van der Waals surface area contributed by atoms with Crippen molar-refractivity contribution < 1.29 is 0 Å². The fraction of sp³-hybridized carbons (Fsp3) is 0.750. The second-order valence-corrected chi connectivity index (χ2v) is 7.26. The van der Waals surface area contributed by atoms with E-state index in [2.05, 4.69) is 36.1 Å². The molecular formula is C16H26ClN3. The zero-order valence-electron chi connectivity index (χ0n) is 12.9. The van der Waals surface area contributed by atoms with Gasteiger partial charge in [0.15, 0.2) is 0 Å². The molecule has 1 aliphatic carbocycles. The Kier molecular flexibility index (Phi) is 5.25. The van der Waals surface area contributed by atoms with Gasteiger partial charge < -0.3 is 5.32 Å². The van der Waals surface area contributed by atoms with Crippen LogP contribution in [0, 0.1) is 5.92 Å². The molecule has 0 spiro atoms. The molecule has 0 amide bonds. The first-order chi connectivity index (χ1) is 9.45. The predicted octanol–water partition coefficient (Wildman–Crippen LogP) is 4.81. The average Bonchev–Trinajstić information content (AvgIpc) is 2.38. The molecule has 1 aromatic heterocycles. The van der Waals surface area contributed by atoms with Crippen LogP contribution in [0.4, 0.5) is 5.82 Å². The van der Waals surface area contributed by atoms with E-state index in [1.807, 2.05) is 6.07 Å². The van der Waals surface area contributed by atoms with Crippen molar-refractivity contribution in [1.82, 2.24) is 9.97 Å². The van der Waals surface area contributed by atoms with E-state index in [9.17, 15) is 0 Å². The highest BCUT2D eigenvalue weighted by molar-refractivity contribution is 6.29. The van der Waals surface area contributed by atoms with Gasteiger partial charge in [0.1, 0.15) is 16.8 Å². The monoisotopic (exact) mass is 295 g/mol. The maximum absolute atomic E-state index is 6.09. The molecule has 0 saturated heterocycles. The Labute approximate surface area is 127 Å². The Balaban J connectivity index is 1.90. The number of rotatable bonds is 4. The zero-order valence-corrected chi connectivity index (χ0v) is 13.6. The molecule has 0 atom stereocenters. The number of hydrogen-bond acceptors (Lipinski definition) is 3. The van der Waals surface area contributed by atoms with Crippen LogP contribution in [0.15, 0.2) is 6.07 Å². The van der Waals surface area contributed by atoms with Crippen LogP contribution >= 0.6 is 11.6 Å². The molecule has 0 radical (unpaired) electrons. The Hall–Kier alpha value is -0.830. The van der Waals surface area contributed by atoms with Crippen LogP contribution in [0.1, 0.15) is 65.1 Å². The average molecular weight is 296 g/mol. The van der Waals surface area contributed by atoms with Crippen LogP contribution in [0.2, 0.25) is 5.15 Å². The van der Waals surface area contributed by atoms with E-state index in [0.717, 1.165) is 24.1 Å². The highest BCUT2D eigenvalue weighted by Gasteiger charge is 2.19. The third-order valence-electron chi connectivity index (χ3n) is 3.95. The Morgan fingerprint density at radius 1 is 1.20 bits per heavy atom. The van der Waals surface area contributed by atoms with Crippen LogP contribution in [0.25, 0.3) is 0 Å². The second kappa shape index (κ2) is 6.75. The summed E-state index contributed by atoms with van der Waals surface area (Å²) in [6.07, 6.45) is 8.22. The molecule has 1 fully saturated rings. The third-order valence-corrected chi connectivity index (χ3v) is 4.14. The molecule has 3 nitrogen and oxygen atoms in total. The molecule has 0 bridgehead atoms. The summed E-state index contributed by atoms with van der Waals surface area (Å²) in [6.45, 7) is 7.28. The fourth-order valence-electron chi connectivity index (χ4n) is 2.72. The molecule has 1 heterocycles. The number of nitrogens with zero attached hydrogens (tertiary/aromatic N) is 2. The molecule has 1 aliphatic rings. The van der Waals surface area contributed by atoms with Crippen LogP contribution < -0.4 is 5.32 Å². The third kappa shape index (κ3) is 4.62. The minimum Gasteiger partial charge on any atom is -0.370 e. The molecule has 1 aromatic rings. The summed E-state index contributed by atoms with van der Waals surface area (Å²) in [5.41, 5.74) is -0.0787. The van der Waals surface area contributed by atoms with Gasteiger partial charge in [0.2, 0.25) is 0 Å². The van der Waals surface area contributed by atoms with E-state index in [0.29, 0.717) is 5.15 Å². The molecule has 0 aromatic carbocycles. The maximum Gasteiger partial charge on any atom is 0.137 e. The Morgan fingerprint density at radius 3 is 2.55 bits per heavy atom. The lowest BCUT2D eigenvalue weighted by atomic mass is 9.87. The smallest absolute Gasteiger partial charge is 0.137 e. The summed E-state index contributed by atoms with van der Waals surface area (Å²) in [5.74, 6) is 2.53. The van der Waals surface area contributed by atoms with Crippen molar-refractivity contribution in [2.24, 2.45) is 5.92 Å². The molecule has 0 unspecified atom stereocenters. The highest BCUT2D eigenvalue weighted by Crippen LogP contribution is 2.26. The SMILES string of the molecule is CC(C)(C)c1nc(Cl)cc(NCCC2CCCCC2)n1. The van der Waals surface area contributed by atoms with Crippen molar-refractivity contribution >= 4 is 17.4 Å². The van der Waals surface area contributed by atoms with Crippen molar-refractivity contribution in [2.75, 3.05) is 11.9 Å². The lowest BCUT2D eigenvalue weighted by Crippen LogP contribution is -2.18. The quantitative estimate of drug-likeness (QED) is 0.810. The molecule has 4 heteroatoms. The van der Waals surface area contributed by atoms with Gasteiger partial charge in [-0.2, -0.15) is 0 Å². The van der Waals surface area contributed by atoms with Gasteiger partial charge in [0.25, 0.3) is 0 Å². The molecule has 2 rings (SSSR count). The van der Waals surface area contributed by atoms with Gasteiger partial charge in [-0.3, -0.25) is 0 Å². The molecule has 1 saturated carbocycles. The topological polar surface area (TPSA) is 37.8 Å². The normalized spacial score (nSPS) is 17.2. The van der Waals surface area contributed by atoms with E-state index in [1.165, 1.54) is 38.5 Å². The van der Waals surface area contributed by atoms with E-state index in [4.69, 9.17) is 11.6 Å². The number of hydrogen-bond donors (Lipinski definition) is 1. The molecular weight excluding hydrogens is 270 g/mol. The van der Waals surface area contributed by atoms with E-state index in [1.54, 1.807) is 0 Å². The summed E-state index contributed by atoms with van der Waals surface area (Å²) in [4.78, 5) is 8.90.